The van der Waals surface area contributed by atoms with E-state index >= 15 is 0 Å². The molecule has 0 unspecified atom stereocenters. The van der Waals surface area contributed by atoms with Gasteiger partial charge < -0.3 is 9.47 Å². The molecule has 0 saturated heterocycles. The van der Waals surface area contributed by atoms with Gasteiger partial charge in [-0.15, -0.1) is 10.2 Å². The summed E-state index contributed by atoms with van der Waals surface area (Å²) in [5, 5.41) is 9.62. The molecule has 146 valence electrons. The molecule has 0 bridgehead atoms. The van der Waals surface area contributed by atoms with E-state index in [2.05, 4.69) is 52.6 Å². The van der Waals surface area contributed by atoms with Crippen molar-refractivity contribution in [1.29, 1.82) is 0 Å². The highest BCUT2D eigenvalue weighted by atomic mass is 32.2. The summed E-state index contributed by atoms with van der Waals surface area (Å²) < 4.78 is 2.11. The predicted molar refractivity (Wildman–Crippen MR) is 111 cm³/mol. The molecule has 2 aromatic rings. The van der Waals surface area contributed by atoms with Crippen LogP contribution in [0.25, 0.3) is 11.4 Å². The highest BCUT2D eigenvalue weighted by Crippen LogP contribution is 2.27. The molecule has 1 amide bonds. The summed E-state index contributed by atoms with van der Waals surface area (Å²) in [7, 11) is 0. The molecule has 0 spiro atoms. The molecule has 3 rings (SSSR count). The smallest absolute Gasteiger partial charge is 0.233 e. The van der Waals surface area contributed by atoms with Crippen LogP contribution in [-0.2, 0) is 11.3 Å². The maximum absolute atomic E-state index is 12.8. The van der Waals surface area contributed by atoms with Gasteiger partial charge >= 0.3 is 0 Å². The van der Waals surface area contributed by atoms with Crippen molar-refractivity contribution >= 4 is 17.7 Å². The Balaban J connectivity index is 1.70. The van der Waals surface area contributed by atoms with Gasteiger partial charge in [0.25, 0.3) is 0 Å². The van der Waals surface area contributed by atoms with Crippen molar-refractivity contribution in [2.24, 2.45) is 0 Å². The number of nitrogens with zero attached hydrogens (tertiary/aromatic N) is 4. The van der Waals surface area contributed by atoms with Crippen LogP contribution in [0.15, 0.2) is 29.4 Å². The SMILES string of the molecule is CCN(C(=O)CSc1nnc(-c2ccccc2C)n1CC)C1CCCCC1. The van der Waals surface area contributed by atoms with E-state index in [4.69, 9.17) is 0 Å². The molecular weight excluding hydrogens is 356 g/mol. The Morgan fingerprint density at radius 1 is 1.19 bits per heavy atom. The third-order valence-corrected chi connectivity index (χ3v) is 6.37. The molecule has 6 heteroatoms. The van der Waals surface area contributed by atoms with Crippen LogP contribution >= 0.6 is 11.8 Å². The van der Waals surface area contributed by atoms with Crippen molar-refractivity contribution in [3.63, 3.8) is 0 Å². The summed E-state index contributed by atoms with van der Waals surface area (Å²) in [6.07, 6.45) is 6.08. The molecule has 1 fully saturated rings. The molecule has 27 heavy (non-hydrogen) atoms. The zero-order chi connectivity index (χ0) is 19.2. The minimum atomic E-state index is 0.220. The first-order valence-electron chi connectivity index (χ1n) is 10.1. The molecule has 0 radical (unpaired) electrons. The fourth-order valence-corrected chi connectivity index (χ4v) is 4.83. The number of carbonyl (C=O) groups is 1. The van der Waals surface area contributed by atoms with Crippen LogP contribution in [0.2, 0.25) is 0 Å². The number of rotatable bonds is 7. The van der Waals surface area contributed by atoms with Crippen LogP contribution in [0.5, 0.6) is 0 Å². The second kappa shape index (κ2) is 9.40. The maximum atomic E-state index is 12.8. The Morgan fingerprint density at radius 2 is 1.93 bits per heavy atom. The number of aromatic nitrogens is 3. The summed E-state index contributed by atoms with van der Waals surface area (Å²) in [6, 6.07) is 8.64. The van der Waals surface area contributed by atoms with Gasteiger partial charge in [-0.05, 0) is 39.2 Å². The number of amides is 1. The zero-order valence-corrected chi connectivity index (χ0v) is 17.5. The first-order chi connectivity index (χ1) is 13.2. The van der Waals surface area contributed by atoms with Gasteiger partial charge in [-0.25, -0.2) is 0 Å². The van der Waals surface area contributed by atoms with Gasteiger partial charge in [0, 0.05) is 24.7 Å². The molecule has 1 aromatic carbocycles. The third kappa shape index (κ3) is 4.54. The molecule has 0 aliphatic heterocycles. The Bertz CT molecular complexity index is 767. The lowest BCUT2D eigenvalue weighted by molar-refractivity contribution is -0.131. The zero-order valence-electron chi connectivity index (χ0n) is 16.6. The number of hydrogen-bond acceptors (Lipinski definition) is 4. The second-order valence-electron chi connectivity index (χ2n) is 7.13. The van der Waals surface area contributed by atoms with E-state index in [1.54, 1.807) is 0 Å². The fourth-order valence-electron chi connectivity index (χ4n) is 3.94. The van der Waals surface area contributed by atoms with Crippen molar-refractivity contribution < 1.29 is 4.79 Å². The van der Waals surface area contributed by atoms with Crippen LogP contribution in [0.3, 0.4) is 0 Å². The van der Waals surface area contributed by atoms with E-state index in [1.165, 1.54) is 36.6 Å². The van der Waals surface area contributed by atoms with Gasteiger partial charge in [-0.1, -0.05) is 55.3 Å². The minimum Gasteiger partial charge on any atom is -0.339 e. The van der Waals surface area contributed by atoms with Crippen LogP contribution in [0.1, 0.15) is 51.5 Å². The highest BCUT2D eigenvalue weighted by molar-refractivity contribution is 7.99. The van der Waals surface area contributed by atoms with Gasteiger partial charge in [0.15, 0.2) is 11.0 Å². The number of hydrogen-bond donors (Lipinski definition) is 0. The van der Waals surface area contributed by atoms with E-state index < -0.39 is 0 Å². The van der Waals surface area contributed by atoms with Gasteiger partial charge in [-0.3, -0.25) is 4.79 Å². The standard InChI is InChI=1S/C21H30N4OS/c1-4-24(17-12-7-6-8-13-17)19(26)15-27-21-23-22-20(25(21)5-2)18-14-10-9-11-16(18)3/h9-11,14,17H,4-8,12-13,15H2,1-3H3. The Labute approximate surface area is 166 Å². The Morgan fingerprint density at radius 3 is 2.59 bits per heavy atom. The molecule has 5 nitrogen and oxygen atoms in total. The van der Waals surface area contributed by atoms with Crippen LogP contribution in [0, 0.1) is 6.92 Å². The molecule has 1 aromatic heterocycles. The van der Waals surface area contributed by atoms with Crippen molar-refractivity contribution in [2.75, 3.05) is 12.3 Å². The summed E-state index contributed by atoms with van der Waals surface area (Å²) in [5.41, 5.74) is 2.28. The van der Waals surface area contributed by atoms with E-state index in [0.717, 1.165) is 42.5 Å². The monoisotopic (exact) mass is 386 g/mol. The minimum absolute atomic E-state index is 0.220. The molecule has 1 saturated carbocycles. The van der Waals surface area contributed by atoms with E-state index in [-0.39, 0.29) is 5.91 Å². The third-order valence-electron chi connectivity index (χ3n) is 5.42. The number of benzene rings is 1. The van der Waals surface area contributed by atoms with Gasteiger partial charge in [-0.2, -0.15) is 0 Å². The van der Waals surface area contributed by atoms with Crippen molar-refractivity contribution in [1.82, 2.24) is 19.7 Å². The average Bonchev–Trinajstić information content (AvgIpc) is 3.11. The molecule has 0 N–H and O–H groups in total. The van der Waals surface area contributed by atoms with Crippen LogP contribution in [-0.4, -0.2) is 43.9 Å². The highest BCUT2D eigenvalue weighted by Gasteiger charge is 2.25. The van der Waals surface area contributed by atoms with Gasteiger partial charge in [0.05, 0.1) is 5.75 Å². The molecule has 0 atom stereocenters. The largest absolute Gasteiger partial charge is 0.339 e. The Hall–Kier alpha value is -1.82. The lowest BCUT2D eigenvalue weighted by Gasteiger charge is -2.33. The topological polar surface area (TPSA) is 51.0 Å². The first kappa shape index (κ1) is 19.9. The van der Waals surface area contributed by atoms with Gasteiger partial charge in [0.1, 0.15) is 0 Å². The van der Waals surface area contributed by atoms with E-state index in [9.17, 15) is 4.79 Å². The van der Waals surface area contributed by atoms with Gasteiger partial charge in [0.2, 0.25) is 5.91 Å². The second-order valence-corrected chi connectivity index (χ2v) is 8.07. The summed E-state index contributed by atoms with van der Waals surface area (Å²) >= 11 is 1.51. The quantitative estimate of drug-likeness (QED) is 0.655. The van der Waals surface area contributed by atoms with Crippen molar-refractivity contribution in [3.05, 3.63) is 29.8 Å². The van der Waals surface area contributed by atoms with Crippen molar-refractivity contribution in [3.8, 4) is 11.4 Å². The normalized spacial score (nSPS) is 15.1. The molecule has 1 aliphatic rings. The summed E-state index contributed by atoms with van der Waals surface area (Å²) in [5.74, 6) is 1.53. The van der Waals surface area contributed by atoms with Crippen LogP contribution < -0.4 is 0 Å². The maximum Gasteiger partial charge on any atom is 0.233 e. The number of aryl methyl sites for hydroxylation is 1. The molecule has 1 aliphatic carbocycles. The summed E-state index contributed by atoms with van der Waals surface area (Å²) in [4.78, 5) is 14.9. The Kier molecular flexibility index (Phi) is 6.94. The van der Waals surface area contributed by atoms with E-state index in [1.807, 2.05) is 12.1 Å². The average molecular weight is 387 g/mol. The molecule has 1 heterocycles. The number of thioether (sulfide) groups is 1. The lowest BCUT2D eigenvalue weighted by Crippen LogP contribution is -2.42. The lowest BCUT2D eigenvalue weighted by atomic mass is 9.94. The summed E-state index contributed by atoms with van der Waals surface area (Å²) in [6.45, 7) is 7.84. The van der Waals surface area contributed by atoms with Crippen LogP contribution in [0.4, 0.5) is 0 Å². The van der Waals surface area contributed by atoms with E-state index in [0.29, 0.717) is 11.8 Å². The number of carbonyl (C=O) groups excluding carboxylic acids is 1. The molecular formula is C21H30N4OS. The predicted octanol–water partition coefficient (Wildman–Crippen LogP) is 4.55. The fraction of sp³-hybridized carbons (Fsp3) is 0.571. The van der Waals surface area contributed by atoms with Crippen molar-refractivity contribution in [2.45, 2.75) is 70.6 Å². The first-order valence-corrected chi connectivity index (χ1v) is 11.1.